The normalized spacial score (nSPS) is 15.1. The summed E-state index contributed by atoms with van der Waals surface area (Å²) < 4.78 is 5.25. The van der Waals surface area contributed by atoms with E-state index in [1.807, 2.05) is 4.90 Å². The van der Waals surface area contributed by atoms with Crippen molar-refractivity contribution in [2.45, 2.75) is 6.92 Å². The number of carbonyl (C=O) groups excluding carboxylic acids is 1. The van der Waals surface area contributed by atoms with Crippen LogP contribution >= 0.6 is 11.6 Å². The minimum absolute atomic E-state index is 0. The molecule has 0 aromatic heterocycles. The van der Waals surface area contributed by atoms with Gasteiger partial charge in [-0.2, -0.15) is 0 Å². The number of hydrogen-bond donors (Lipinski definition) is 1. The van der Waals surface area contributed by atoms with Gasteiger partial charge in [0.2, 0.25) is 0 Å². The molecule has 1 N–H and O–H groups in total. The maximum absolute atomic E-state index is 11.3. The van der Waals surface area contributed by atoms with Crippen LogP contribution < -0.4 is 4.90 Å². The molecule has 0 unspecified atom stereocenters. The Morgan fingerprint density at radius 1 is 1.39 bits per heavy atom. The zero-order valence-electron chi connectivity index (χ0n) is 10.3. The van der Waals surface area contributed by atoms with Crippen molar-refractivity contribution in [2.75, 3.05) is 31.2 Å². The van der Waals surface area contributed by atoms with Gasteiger partial charge in [-0.3, -0.25) is 4.79 Å². The quantitative estimate of drug-likeness (QED) is 0.651. The van der Waals surface area contributed by atoms with E-state index in [4.69, 9.17) is 16.3 Å². The van der Waals surface area contributed by atoms with Crippen molar-refractivity contribution in [1.29, 1.82) is 0 Å². The number of morpholine rings is 1. The van der Waals surface area contributed by atoms with Gasteiger partial charge >= 0.3 is 0 Å². The van der Waals surface area contributed by atoms with Gasteiger partial charge in [-0.1, -0.05) is 11.6 Å². The maximum atomic E-state index is 11.3. The minimum atomic E-state index is -0.196. The van der Waals surface area contributed by atoms with Crippen LogP contribution in [-0.2, 0) is 4.74 Å². The van der Waals surface area contributed by atoms with E-state index in [0.29, 0.717) is 13.2 Å². The highest BCUT2D eigenvalue weighted by atomic mass is 35.5. The van der Waals surface area contributed by atoms with Crippen LogP contribution in [0, 0.1) is 0 Å². The van der Waals surface area contributed by atoms with Crippen molar-refractivity contribution in [3.63, 3.8) is 0 Å². The van der Waals surface area contributed by atoms with Crippen LogP contribution in [0.4, 0.5) is 5.69 Å². The third-order valence-corrected chi connectivity index (χ3v) is 3.20. The number of halogens is 1. The molecule has 4 nitrogen and oxygen atoms in total. The Labute approximate surface area is 113 Å². The number of aromatic hydroxyl groups is 1. The molecule has 0 saturated carbocycles. The van der Waals surface area contributed by atoms with Crippen molar-refractivity contribution in [3.05, 3.63) is 22.7 Å². The number of ether oxygens (including phenoxy) is 1. The van der Waals surface area contributed by atoms with Crippen LogP contribution in [0.5, 0.6) is 5.75 Å². The molecule has 1 saturated heterocycles. The molecule has 1 aliphatic rings. The number of hydrogen-bond acceptors (Lipinski definition) is 4. The lowest BCUT2D eigenvalue weighted by atomic mass is 10.1. The summed E-state index contributed by atoms with van der Waals surface area (Å²) >= 11 is 6.09. The first-order chi connectivity index (χ1) is 8.11. The molecule has 1 aliphatic heterocycles. The van der Waals surface area contributed by atoms with E-state index in [1.54, 1.807) is 12.1 Å². The van der Waals surface area contributed by atoms with E-state index >= 15 is 0 Å². The number of ketones is 1. The summed E-state index contributed by atoms with van der Waals surface area (Å²) in [7, 11) is 0. The van der Waals surface area contributed by atoms with Crippen molar-refractivity contribution in [3.8, 4) is 5.75 Å². The monoisotopic (exact) mass is 267 g/mol. The predicted octanol–water partition coefficient (Wildman–Crippen LogP) is 1.44. The zero-order valence-corrected chi connectivity index (χ0v) is 11.0. The molecule has 1 aromatic rings. The molecule has 0 spiro atoms. The molecule has 1 aromatic carbocycles. The molecule has 0 bridgehead atoms. The van der Waals surface area contributed by atoms with Gasteiger partial charge in [0, 0.05) is 21.5 Å². The second kappa shape index (κ2) is 6.11. The lowest BCUT2D eigenvalue weighted by Gasteiger charge is -2.29. The highest BCUT2D eigenvalue weighted by Gasteiger charge is 2.19. The second-order valence-corrected chi connectivity index (χ2v) is 4.33. The first kappa shape index (κ1) is 14.9. The summed E-state index contributed by atoms with van der Waals surface area (Å²) in [5.74, 6) is -0.332. The summed E-state index contributed by atoms with van der Waals surface area (Å²) in [6.45, 7) is 4.16. The first-order valence-corrected chi connectivity index (χ1v) is 5.84. The maximum Gasteiger partial charge on any atom is 0.163 e. The number of phenols is 1. The van der Waals surface area contributed by atoms with Crippen LogP contribution in [0.1, 0.15) is 17.3 Å². The molecule has 6 heteroatoms. The number of anilines is 1. The third kappa shape index (κ3) is 2.79. The zero-order chi connectivity index (χ0) is 12.4. The molecule has 0 atom stereocenters. The van der Waals surface area contributed by atoms with Crippen molar-refractivity contribution < 1.29 is 14.6 Å². The van der Waals surface area contributed by atoms with Crippen LogP contribution in [0.25, 0.3) is 0 Å². The fourth-order valence-corrected chi connectivity index (χ4v) is 2.17. The molecule has 1 fully saturated rings. The lowest BCUT2D eigenvalue weighted by molar-refractivity contribution is 0.101. The van der Waals surface area contributed by atoms with Crippen LogP contribution in [0.3, 0.4) is 0 Å². The highest BCUT2D eigenvalue weighted by molar-refractivity contribution is 6.35. The van der Waals surface area contributed by atoms with Crippen molar-refractivity contribution >= 4 is 31.5 Å². The van der Waals surface area contributed by atoms with Crippen molar-refractivity contribution in [1.82, 2.24) is 0 Å². The largest absolute Gasteiger partial charge is 0.506 e. The summed E-state index contributed by atoms with van der Waals surface area (Å²) in [6.07, 6.45) is 0. The Bertz CT molecular complexity index is 447. The molecule has 0 amide bonds. The predicted molar refractivity (Wildman–Crippen MR) is 73.3 cm³/mol. The number of carbonyl (C=O) groups is 1. The number of nitrogens with zero attached hydrogens (tertiary/aromatic N) is 1. The molecule has 2 rings (SSSR count). The Morgan fingerprint density at radius 2 is 2.00 bits per heavy atom. The van der Waals surface area contributed by atoms with Gasteiger partial charge in [0.25, 0.3) is 0 Å². The van der Waals surface area contributed by atoms with E-state index in [2.05, 4.69) is 0 Å². The SMILES string of the molecule is CC(=O)c1ccc(N2CCOCC2)c(Cl)c1O.[BH]. The van der Waals surface area contributed by atoms with E-state index in [9.17, 15) is 9.90 Å². The first-order valence-electron chi connectivity index (χ1n) is 5.46. The van der Waals surface area contributed by atoms with Gasteiger partial charge in [-0.25, -0.2) is 0 Å². The highest BCUT2D eigenvalue weighted by Crippen LogP contribution is 2.37. The lowest BCUT2D eigenvalue weighted by Crippen LogP contribution is -2.36. The Morgan fingerprint density at radius 3 is 2.56 bits per heavy atom. The molecular formula is C12H15BClNO3. The van der Waals surface area contributed by atoms with Gasteiger partial charge in [-0.05, 0) is 19.1 Å². The standard InChI is InChI=1S/C12H14ClNO3.BH/c1-8(15)9-2-3-10(11(13)12(9)16)14-4-6-17-7-5-14;/h2-3,16H,4-7H2,1H3;1H. The van der Waals surface area contributed by atoms with Crippen LogP contribution in [0.15, 0.2) is 12.1 Å². The van der Waals surface area contributed by atoms with Gasteiger partial charge in [0.15, 0.2) is 5.78 Å². The van der Waals surface area contributed by atoms with E-state index in [-0.39, 0.29) is 30.5 Å². The van der Waals surface area contributed by atoms with Gasteiger partial charge in [0.1, 0.15) is 10.8 Å². The molecule has 0 aliphatic carbocycles. The number of phenolic OH excluding ortho intramolecular Hbond substituents is 1. The number of benzene rings is 1. The summed E-state index contributed by atoms with van der Waals surface area (Å²) in [5, 5.41) is 10.1. The fraction of sp³-hybridized carbons (Fsp3) is 0.417. The summed E-state index contributed by atoms with van der Waals surface area (Å²) in [4.78, 5) is 13.3. The summed E-state index contributed by atoms with van der Waals surface area (Å²) in [5.41, 5.74) is 1.00. The summed E-state index contributed by atoms with van der Waals surface area (Å²) in [6, 6.07) is 3.37. The van der Waals surface area contributed by atoms with Crippen LogP contribution in [0.2, 0.25) is 5.02 Å². The topological polar surface area (TPSA) is 49.8 Å². The third-order valence-electron chi connectivity index (χ3n) is 2.83. The average Bonchev–Trinajstić information content (AvgIpc) is 2.33. The number of rotatable bonds is 2. The molecule has 2 radical (unpaired) electrons. The van der Waals surface area contributed by atoms with Gasteiger partial charge in [0.05, 0.1) is 24.5 Å². The van der Waals surface area contributed by atoms with Gasteiger partial charge < -0.3 is 14.7 Å². The molecule has 1 heterocycles. The molecular weight excluding hydrogens is 252 g/mol. The van der Waals surface area contributed by atoms with Crippen LogP contribution in [-0.4, -0.2) is 45.6 Å². The average molecular weight is 268 g/mol. The smallest absolute Gasteiger partial charge is 0.163 e. The minimum Gasteiger partial charge on any atom is -0.506 e. The van der Waals surface area contributed by atoms with E-state index in [1.165, 1.54) is 6.92 Å². The second-order valence-electron chi connectivity index (χ2n) is 3.95. The Balaban J connectivity index is 0.00000162. The number of Topliss-reactive ketones (excluding diaryl/α,β-unsaturated/α-hetero) is 1. The van der Waals surface area contributed by atoms with Crippen molar-refractivity contribution in [2.24, 2.45) is 0 Å². The van der Waals surface area contributed by atoms with E-state index < -0.39 is 0 Å². The fourth-order valence-electron chi connectivity index (χ4n) is 1.89. The Kier molecular flexibility index (Phi) is 5.05. The Hall–Kier alpha value is -1.20. The van der Waals surface area contributed by atoms with Gasteiger partial charge in [-0.15, -0.1) is 0 Å². The molecule has 18 heavy (non-hydrogen) atoms. The molecule has 96 valence electrons. The van der Waals surface area contributed by atoms with E-state index in [0.717, 1.165) is 18.8 Å².